The first-order valence-corrected chi connectivity index (χ1v) is 6.44. The number of rotatable bonds is 5. The lowest BCUT2D eigenvalue weighted by Gasteiger charge is -2.28. The van der Waals surface area contributed by atoms with Crippen molar-refractivity contribution in [3.05, 3.63) is 28.3 Å². The Morgan fingerprint density at radius 2 is 2.20 bits per heavy atom. The summed E-state index contributed by atoms with van der Waals surface area (Å²) in [5.74, 6) is 0. The summed E-state index contributed by atoms with van der Waals surface area (Å²) >= 11 is 0. The van der Waals surface area contributed by atoms with E-state index >= 15 is 0 Å². The lowest BCUT2D eigenvalue weighted by atomic mass is 10.2. The van der Waals surface area contributed by atoms with E-state index in [1.165, 1.54) is 0 Å². The third-order valence-corrected chi connectivity index (χ3v) is 3.11. The van der Waals surface area contributed by atoms with Gasteiger partial charge in [0.05, 0.1) is 30.6 Å². The van der Waals surface area contributed by atoms with Crippen molar-refractivity contribution in [2.75, 3.05) is 43.1 Å². The molecule has 0 amide bonds. The number of benzene rings is 1. The molecule has 0 aliphatic carbocycles. The number of morpholine rings is 1. The average molecular weight is 276 g/mol. The molecule has 1 aromatic carbocycles. The standard InChI is InChI=1S/C13H16N4O3/c14-4-1-5-15-12-3-2-11(10-13(12)17(18)19)16-6-8-20-9-7-16/h2-3,10,15H,1,5-9H2. The zero-order valence-corrected chi connectivity index (χ0v) is 11.0. The third kappa shape index (κ3) is 3.36. The molecule has 1 N–H and O–H groups in total. The van der Waals surface area contributed by atoms with E-state index < -0.39 is 4.92 Å². The molecule has 1 heterocycles. The van der Waals surface area contributed by atoms with Crippen molar-refractivity contribution in [2.45, 2.75) is 6.42 Å². The molecule has 7 nitrogen and oxygen atoms in total. The fourth-order valence-electron chi connectivity index (χ4n) is 2.09. The normalized spacial score (nSPS) is 14.7. The van der Waals surface area contributed by atoms with Crippen molar-refractivity contribution >= 4 is 17.1 Å². The van der Waals surface area contributed by atoms with Gasteiger partial charge in [-0.05, 0) is 12.1 Å². The van der Waals surface area contributed by atoms with Gasteiger partial charge in [-0.1, -0.05) is 0 Å². The van der Waals surface area contributed by atoms with Gasteiger partial charge in [0.15, 0.2) is 0 Å². The van der Waals surface area contributed by atoms with Crippen LogP contribution < -0.4 is 10.2 Å². The molecule has 1 saturated heterocycles. The molecule has 20 heavy (non-hydrogen) atoms. The Hall–Kier alpha value is -2.33. The Labute approximate surface area is 116 Å². The highest BCUT2D eigenvalue weighted by atomic mass is 16.6. The highest BCUT2D eigenvalue weighted by molar-refractivity contribution is 5.68. The fourth-order valence-corrected chi connectivity index (χ4v) is 2.09. The first-order chi connectivity index (χ1) is 9.72. The monoisotopic (exact) mass is 276 g/mol. The van der Waals surface area contributed by atoms with Crippen LogP contribution in [0.15, 0.2) is 18.2 Å². The number of anilines is 2. The zero-order valence-electron chi connectivity index (χ0n) is 11.0. The van der Waals surface area contributed by atoms with Crippen molar-refractivity contribution in [1.82, 2.24) is 0 Å². The van der Waals surface area contributed by atoms with E-state index in [-0.39, 0.29) is 5.69 Å². The van der Waals surface area contributed by atoms with Gasteiger partial charge in [-0.3, -0.25) is 10.1 Å². The summed E-state index contributed by atoms with van der Waals surface area (Å²) in [5.41, 5.74) is 1.31. The molecular weight excluding hydrogens is 260 g/mol. The molecule has 106 valence electrons. The van der Waals surface area contributed by atoms with E-state index in [1.807, 2.05) is 12.1 Å². The molecule has 0 bridgehead atoms. The number of nitrogens with zero attached hydrogens (tertiary/aromatic N) is 3. The molecule has 0 radical (unpaired) electrons. The van der Waals surface area contributed by atoms with Gasteiger partial charge in [-0.15, -0.1) is 0 Å². The lowest BCUT2D eigenvalue weighted by molar-refractivity contribution is -0.383. The summed E-state index contributed by atoms with van der Waals surface area (Å²) in [4.78, 5) is 12.8. The number of nitro benzene ring substituents is 1. The highest BCUT2D eigenvalue weighted by Gasteiger charge is 2.18. The van der Waals surface area contributed by atoms with Crippen LogP contribution in [0.2, 0.25) is 0 Å². The summed E-state index contributed by atoms with van der Waals surface area (Å²) in [5, 5.41) is 22.6. The molecule has 2 rings (SSSR count). The molecule has 0 aromatic heterocycles. The van der Waals surface area contributed by atoms with Crippen molar-refractivity contribution < 1.29 is 9.66 Å². The van der Waals surface area contributed by atoms with Gasteiger partial charge in [-0.25, -0.2) is 0 Å². The van der Waals surface area contributed by atoms with E-state index in [4.69, 9.17) is 10.00 Å². The molecular formula is C13H16N4O3. The van der Waals surface area contributed by atoms with Crippen LogP contribution in [-0.4, -0.2) is 37.8 Å². The van der Waals surface area contributed by atoms with Gasteiger partial charge in [0, 0.05) is 31.4 Å². The second kappa shape index (κ2) is 6.73. The minimum atomic E-state index is -0.404. The summed E-state index contributed by atoms with van der Waals surface area (Å²) in [6.45, 7) is 3.14. The number of nitriles is 1. The van der Waals surface area contributed by atoms with E-state index in [1.54, 1.807) is 12.1 Å². The minimum Gasteiger partial charge on any atom is -0.378 e. The predicted molar refractivity (Wildman–Crippen MR) is 74.8 cm³/mol. The van der Waals surface area contributed by atoms with Gasteiger partial charge < -0.3 is 15.0 Å². The zero-order chi connectivity index (χ0) is 14.4. The maximum absolute atomic E-state index is 11.1. The van der Waals surface area contributed by atoms with Crippen molar-refractivity contribution in [2.24, 2.45) is 0 Å². The Morgan fingerprint density at radius 1 is 1.45 bits per heavy atom. The fraction of sp³-hybridized carbons (Fsp3) is 0.462. The van der Waals surface area contributed by atoms with Gasteiger partial charge >= 0.3 is 0 Å². The van der Waals surface area contributed by atoms with Crippen molar-refractivity contribution in [3.63, 3.8) is 0 Å². The molecule has 7 heteroatoms. The highest BCUT2D eigenvalue weighted by Crippen LogP contribution is 2.30. The van der Waals surface area contributed by atoms with Gasteiger partial charge in [0.2, 0.25) is 0 Å². The van der Waals surface area contributed by atoms with E-state index in [9.17, 15) is 10.1 Å². The SMILES string of the molecule is N#CCCNc1ccc(N2CCOCC2)cc1[N+](=O)[O-]. The molecule has 1 aliphatic rings. The van der Waals surface area contributed by atoms with Gasteiger partial charge in [0.25, 0.3) is 5.69 Å². The maximum Gasteiger partial charge on any atom is 0.294 e. The first-order valence-electron chi connectivity index (χ1n) is 6.44. The van der Waals surface area contributed by atoms with Crippen LogP contribution in [0.5, 0.6) is 0 Å². The summed E-state index contributed by atoms with van der Waals surface area (Å²) in [7, 11) is 0. The Morgan fingerprint density at radius 3 is 2.85 bits per heavy atom. The molecule has 0 saturated carbocycles. The first kappa shape index (κ1) is 14.1. The molecule has 0 spiro atoms. The number of nitrogens with one attached hydrogen (secondary N) is 1. The number of nitro groups is 1. The van der Waals surface area contributed by atoms with Crippen LogP contribution in [0, 0.1) is 21.4 Å². The lowest BCUT2D eigenvalue weighted by Crippen LogP contribution is -2.36. The topological polar surface area (TPSA) is 91.4 Å². The largest absolute Gasteiger partial charge is 0.378 e. The second-order valence-corrected chi connectivity index (χ2v) is 4.39. The summed E-state index contributed by atoms with van der Waals surface area (Å²) < 4.78 is 5.27. The smallest absolute Gasteiger partial charge is 0.294 e. The third-order valence-electron chi connectivity index (χ3n) is 3.11. The minimum absolute atomic E-state index is 0.0342. The van der Waals surface area contributed by atoms with Gasteiger partial charge in [-0.2, -0.15) is 5.26 Å². The van der Waals surface area contributed by atoms with E-state index in [0.717, 1.165) is 18.8 Å². The van der Waals surface area contributed by atoms with E-state index in [2.05, 4.69) is 10.2 Å². The Bertz CT molecular complexity index is 521. The molecule has 0 atom stereocenters. The van der Waals surface area contributed by atoms with Crippen LogP contribution >= 0.6 is 0 Å². The Balaban J connectivity index is 2.18. The summed E-state index contributed by atoms with van der Waals surface area (Å²) in [6, 6.07) is 7.11. The molecule has 1 aliphatic heterocycles. The predicted octanol–water partition coefficient (Wildman–Crippen LogP) is 1.76. The van der Waals surface area contributed by atoms with Crippen molar-refractivity contribution in [3.8, 4) is 6.07 Å². The van der Waals surface area contributed by atoms with Gasteiger partial charge in [0.1, 0.15) is 5.69 Å². The molecule has 1 fully saturated rings. The van der Waals surface area contributed by atoms with Crippen LogP contribution in [0.1, 0.15) is 6.42 Å². The Kier molecular flexibility index (Phi) is 4.74. The van der Waals surface area contributed by atoms with E-state index in [0.29, 0.717) is 31.9 Å². The number of hydrogen-bond donors (Lipinski definition) is 1. The van der Waals surface area contributed by atoms with Crippen LogP contribution in [0.4, 0.5) is 17.1 Å². The van der Waals surface area contributed by atoms with Crippen LogP contribution in [0.25, 0.3) is 0 Å². The van der Waals surface area contributed by atoms with Crippen LogP contribution in [-0.2, 0) is 4.74 Å². The molecule has 1 aromatic rings. The quantitative estimate of drug-likeness (QED) is 0.500. The maximum atomic E-state index is 11.1. The van der Waals surface area contributed by atoms with Crippen molar-refractivity contribution in [1.29, 1.82) is 5.26 Å². The molecule has 0 unspecified atom stereocenters. The average Bonchev–Trinajstić information content (AvgIpc) is 2.48. The second-order valence-electron chi connectivity index (χ2n) is 4.39. The number of hydrogen-bond acceptors (Lipinski definition) is 6. The van der Waals surface area contributed by atoms with Crippen LogP contribution in [0.3, 0.4) is 0 Å². The number of ether oxygens (including phenoxy) is 1. The summed E-state index contributed by atoms with van der Waals surface area (Å²) in [6.07, 6.45) is 0.308.